The van der Waals surface area contributed by atoms with E-state index in [-0.39, 0.29) is 29.1 Å². The molecule has 0 amide bonds. The fourth-order valence-electron chi connectivity index (χ4n) is 2.41. The normalized spacial score (nSPS) is 12.7. The van der Waals surface area contributed by atoms with Gasteiger partial charge in [-0.25, -0.2) is 13.1 Å². The van der Waals surface area contributed by atoms with Gasteiger partial charge in [0.05, 0.1) is 9.95 Å². The Labute approximate surface area is 160 Å². The lowest BCUT2D eigenvalue weighted by Crippen LogP contribution is -2.29. The number of nitro benzene ring substituents is 1. The van der Waals surface area contributed by atoms with Gasteiger partial charge in [-0.05, 0) is 36.1 Å². The summed E-state index contributed by atoms with van der Waals surface area (Å²) >= 11 is 11.6. The number of rotatable bonds is 8. The Balaban J connectivity index is 2.33. The van der Waals surface area contributed by atoms with Crippen LogP contribution >= 0.6 is 23.2 Å². The van der Waals surface area contributed by atoms with Gasteiger partial charge in [0.25, 0.3) is 5.69 Å². The predicted octanol–water partition coefficient (Wildman–Crippen LogP) is 2.74. The largest absolute Gasteiger partial charge is 0.396 e. The van der Waals surface area contributed by atoms with E-state index in [4.69, 9.17) is 23.2 Å². The average Bonchev–Trinajstić information content (AvgIpc) is 2.58. The number of nitrogens with one attached hydrogen (secondary N) is 1. The Bertz CT molecular complexity index is 894. The van der Waals surface area contributed by atoms with Gasteiger partial charge in [-0.15, -0.1) is 0 Å². The topological polar surface area (TPSA) is 122 Å². The molecule has 2 N–H and O–H groups in total. The zero-order chi connectivity index (χ0) is 19.3. The van der Waals surface area contributed by atoms with Crippen LogP contribution in [-0.2, 0) is 10.0 Å². The third-order valence-corrected chi connectivity index (χ3v) is 5.77. The van der Waals surface area contributed by atoms with Crippen LogP contribution in [-0.4, -0.2) is 36.6 Å². The number of hydrogen-bond acceptors (Lipinski definition) is 6. The van der Waals surface area contributed by atoms with Crippen molar-refractivity contribution in [3.05, 3.63) is 62.4 Å². The average molecular weight is 420 g/mol. The molecule has 1 atom stereocenters. The van der Waals surface area contributed by atoms with Crippen molar-refractivity contribution in [1.29, 1.82) is 0 Å². The highest BCUT2D eigenvalue weighted by Crippen LogP contribution is 2.34. The van der Waals surface area contributed by atoms with Gasteiger partial charge in [0.1, 0.15) is 0 Å². The number of nitro groups is 1. The van der Waals surface area contributed by atoms with Crippen molar-refractivity contribution in [3.63, 3.8) is 0 Å². The summed E-state index contributed by atoms with van der Waals surface area (Å²) in [5.74, 6) is -0.345. The second-order valence-corrected chi connectivity index (χ2v) is 7.88. The van der Waals surface area contributed by atoms with Crippen LogP contribution in [0, 0.1) is 10.1 Å². The van der Waals surface area contributed by atoms with Gasteiger partial charge in [0.2, 0.25) is 10.0 Å². The third-order valence-electron chi connectivity index (χ3n) is 3.63. The maximum absolute atomic E-state index is 12.6. The van der Waals surface area contributed by atoms with Gasteiger partial charge in [-0.3, -0.25) is 15.1 Å². The molecule has 1 heterocycles. The number of pyridine rings is 1. The lowest BCUT2D eigenvalue weighted by atomic mass is 9.97. The summed E-state index contributed by atoms with van der Waals surface area (Å²) < 4.78 is 27.5. The van der Waals surface area contributed by atoms with E-state index in [1.165, 1.54) is 0 Å². The molecule has 2 rings (SSSR count). The van der Waals surface area contributed by atoms with Crippen LogP contribution in [0.25, 0.3) is 0 Å². The van der Waals surface area contributed by atoms with E-state index in [1.807, 2.05) is 0 Å². The third kappa shape index (κ3) is 4.89. The van der Waals surface area contributed by atoms with Crippen molar-refractivity contribution < 1.29 is 18.4 Å². The van der Waals surface area contributed by atoms with E-state index in [0.717, 1.165) is 17.7 Å². The predicted molar refractivity (Wildman–Crippen MR) is 97.0 cm³/mol. The van der Waals surface area contributed by atoms with E-state index < -0.39 is 25.5 Å². The maximum Gasteiger partial charge on any atom is 0.292 e. The zero-order valence-electron chi connectivity index (χ0n) is 13.3. The Morgan fingerprint density at radius 1 is 1.27 bits per heavy atom. The molecule has 0 bridgehead atoms. The highest BCUT2D eigenvalue weighted by molar-refractivity contribution is 7.89. The monoisotopic (exact) mass is 419 g/mol. The summed E-state index contributed by atoms with van der Waals surface area (Å²) in [7, 11) is -4.28. The molecule has 0 saturated carbocycles. The van der Waals surface area contributed by atoms with E-state index >= 15 is 0 Å². The molecule has 140 valence electrons. The molecule has 26 heavy (non-hydrogen) atoms. The SMILES string of the molecule is O=[N+]([O-])c1cc(Cl)cc(Cl)c1S(=O)(=O)NCC(CCO)c1ccncc1. The second-order valence-electron chi connectivity index (χ2n) is 5.33. The van der Waals surface area contributed by atoms with E-state index in [9.17, 15) is 23.6 Å². The molecular weight excluding hydrogens is 405 g/mol. The van der Waals surface area contributed by atoms with E-state index in [0.29, 0.717) is 6.42 Å². The number of benzene rings is 1. The quantitative estimate of drug-likeness (QED) is 0.500. The van der Waals surface area contributed by atoms with E-state index in [1.54, 1.807) is 24.5 Å². The Morgan fingerprint density at radius 3 is 2.50 bits per heavy atom. The standard InChI is InChI=1S/C15H15Cl2N3O5S/c16-12-7-13(17)15(14(8-12)20(22)23)26(24,25)19-9-11(3-6-21)10-1-4-18-5-2-10/h1-2,4-5,7-8,11,19,21H,3,6,9H2. The van der Waals surface area contributed by atoms with Gasteiger partial charge in [0, 0.05) is 36.6 Å². The zero-order valence-corrected chi connectivity index (χ0v) is 15.6. The van der Waals surface area contributed by atoms with Crippen LogP contribution < -0.4 is 4.72 Å². The molecule has 1 unspecified atom stereocenters. The summed E-state index contributed by atoms with van der Waals surface area (Å²) in [5.41, 5.74) is 0.0612. The van der Waals surface area contributed by atoms with E-state index in [2.05, 4.69) is 9.71 Å². The summed E-state index contributed by atoms with van der Waals surface area (Å²) in [6.45, 7) is -0.237. The maximum atomic E-state index is 12.6. The minimum Gasteiger partial charge on any atom is -0.396 e. The Morgan fingerprint density at radius 2 is 1.92 bits per heavy atom. The molecule has 0 spiro atoms. The summed E-state index contributed by atoms with van der Waals surface area (Å²) in [4.78, 5) is 13.6. The minimum atomic E-state index is -4.28. The van der Waals surface area contributed by atoms with Crippen LogP contribution in [0.2, 0.25) is 10.0 Å². The molecule has 0 saturated heterocycles. The molecule has 0 aliphatic heterocycles. The molecule has 8 nitrogen and oxygen atoms in total. The lowest BCUT2D eigenvalue weighted by molar-refractivity contribution is -0.387. The van der Waals surface area contributed by atoms with Crippen molar-refractivity contribution >= 4 is 38.9 Å². The molecule has 1 aromatic carbocycles. The molecular formula is C15H15Cl2N3O5S. The van der Waals surface area contributed by atoms with Crippen LogP contribution in [0.1, 0.15) is 17.9 Å². The number of aliphatic hydroxyl groups is 1. The van der Waals surface area contributed by atoms with Gasteiger partial charge >= 0.3 is 0 Å². The first kappa shape index (κ1) is 20.5. The van der Waals surface area contributed by atoms with Gasteiger partial charge < -0.3 is 5.11 Å². The van der Waals surface area contributed by atoms with Gasteiger partial charge in [-0.1, -0.05) is 23.2 Å². The van der Waals surface area contributed by atoms with Crippen molar-refractivity contribution in [2.24, 2.45) is 0 Å². The molecule has 0 fully saturated rings. The Hall–Kier alpha value is -1.78. The highest BCUT2D eigenvalue weighted by Gasteiger charge is 2.30. The number of halogens is 2. The van der Waals surface area contributed by atoms with Crippen molar-refractivity contribution in [2.45, 2.75) is 17.2 Å². The lowest BCUT2D eigenvalue weighted by Gasteiger charge is -2.17. The first-order valence-corrected chi connectivity index (χ1v) is 9.64. The fraction of sp³-hybridized carbons (Fsp3) is 0.267. The smallest absolute Gasteiger partial charge is 0.292 e. The number of sulfonamides is 1. The van der Waals surface area contributed by atoms with Crippen molar-refractivity contribution in [3.8, 4) is 0 Å². The number of aromatic nitrogens is 1. The Kier molecular flexibility index (Phi) is 6.90. The minimum absolute atomic E-state index is 0.0457. The number of nitrogens with zero attached hydrogens (tertiary/aromatic N) is 2. The number of hydrogen-bond donors (Lipinski definition) is 2. The van der Waals surface area contributed by atoms with Gasteiger partial charge in [0.15, 0.2) is 4.90 Å². The fourth-order valence-corrected chi connectivity index (χ4v) is 4.49. The molecule has 11 heteroatoms. The van der Waals surface area contributed by atoms with Crippen LogP contribution in [0.5, 0.6) is 0 Å². The molecule has 0 radical (unpaired) electrons. The summed E-state index contributed by atoms with van der Waals surface area (Å²) in [6, 6.07) is 5.45. The van der Waals surface area contributed by atoms with Crippen LogP contribution in [0.3, 0.4) is 0 Å². The molecule has 1 aromatic heterocycles. The summed E-state index contributed by atoms with van der Waals surface area (Å²) in [6.07, 6.45) is 3.40. The molecule has 0 aliphatic rings. The molecule has 0 aliphatic carbocycles. The summed E-state index contributed by atoms with van der Waals surface area (Å²) in [5, 5.41) is 20.0. The highest BCUT2D eigenvalue weighted by atomic mass is 35.5. The van der Waals surface area contributed by atoms with Crippen molar-refractivity contribution in [1.82, 2.24) is 9.71 Å². The van der Waals surface area contributed by atoms with Crippen molar-refractivity contribution in [2.75, 3.05) is 13.2 Å². The van der Waals surface area contributed by atoms with Gasteiger partial charge in [-0.2, -0.15) is 0 Å². The second kappa shape index (κ2) is 8.74. The van der Waals surface area contributed by atoms with Crippen LogP contribution in [0.15, 0.2) is 41.6 Å². The van der Waals surface area contributed by atoms with Crippen LogP contribution in [0.4, 0.5) is 5.69 Å². The first-order chi connectivity index (χ1) is 12.3. The number of aliphatic hydroxyl groups excluding tert-OH is 1. The first-order valence-electron chi connectivity index (χ1n) is 7.40. The molecule has 2 aromatic rings.